The van der Waals surface area contributed by atoms with Gasteiger partial charge in [-0.2, -0.15) is 0 Å². The molecule has 0 saturated heterocycles. The molecule has 0 aliphatic carbocycles. The number of sulfone groups is 1. The van der Waals surface area contributed by atoms with Crippen LogP contribution in [0, 0.1) is 129 Å². The second-order valence-electron chi connectivity index (χ2n) is 28.0. The maximum atomic E-state index is 13.3. The fourth-order valence-corrected chi connectivity index (χ4v) is 13.0. The number of ether oxygens (including phenoxy) is 4. The number of halogens is 1. The number of methoxy groups -OCH3 is 4. The second-order valence-corrected chi connectivity index (χ2v) is 29.9. The molecule has 588 valence electrons. The Labute approximate surface area is 659 Å². The third-order valence-corrected chi connectivity index (χ3v) is 19.1. The summed E-state index contributed by atoms with van der Waals surface area (Å²) in [4.78, 5) is 51.3. The zero-order valence-corrected chi connectivity index (χ0v) is 69.6. The monoisotopic (exact) mass is 1540 g/mol. The van der Waals surface area contributed by atoms with E-state index >= 15 is 0 Å². The lowest BCUT2D eigenvalue weighted by Gasteiger charge is -2.19. The van der Waals surface area contributed by atoms with E-state index in [0.29, 0.717) is 33.9 Å². The Morgan fingerprint density at radius 1 is 0.357 bits per heavy atom. The first-order valence-electron chi connectivity index (χ1n) is 36.1. The molecular weight excluding hydrogens is 1430 g/mol. The van der Waals surface area contributed by atoms with Crippen molar-refractivity contribution < 1.29 is 31.8 Å². The van der Waals surface area contributed by atoms with Crippen LogP contribution in [0.2, 0.25) is 0 Å². The van der Waals surface area contributed by atoms with Gasteiger partial charge in [0.05, 0.1) is 39.1 Å². The molecule has 24 nitrogen and oxygen atoms in total. The Morgan fingerprint density at radius 2 is 0.759 bits per heavy atom. The molecule has 112 heavy (non-hydrogen) atoms. The average Bonchev–Trinajstić information content (AvgIpc) is 0.796. The van der Waals surface area contributed by atoms with Gasteiger partial charge in [0.25, 0.3) is 0 Å². The van der Waals surface area contributed by atoms with E-state index in [4.69, 9.17) is 18.9 Å². The molecule has 0 atom stereocenters. The van der Waals surface area contributed by atoms with Crippen LogP contribution >= 0.6 is 0 Å². The normalized spacial score (nSPS) is 10.7. The van der Waals surface area contributed by atoms with Crippen LogP contribution in [0.25, 0.3) is 0 Å². The van der Waals surface area contributed by atoms with Crippen molar-refractivity contribution >= 4 is 78.9 Å². The number of aromatic nitrogens is 12. The molecule has 0 aliphatic rings. The first-order chi connectivity index (χ1) is 53.0. The SMILES string of the molecule is COc1cc(Nc2nc(C)ncc2C)cc(OC)c1.COc1cc(Nc2nc(C)ncc2C)ccc1F.COc1cccc(Nc2ccnc(C)n2)c1C.Cc1cc(C)cc(Nc2nc(C)ncc2C)c1.Cc1ncc(C)c(Nc2ccc(C)c(S(=O)(=O)CC(C)(C)C)c2)n1.Cc1ncc(C)c(Nc2cccc(C)c2C)n1. The van der Waals surface area contributed by atoms with Crippen LogP contribution in [0.15, 0.2) is 157 Å². The van der Waals surface area contributed by atoms with Crippen LogP contribution in [0.1, 0.15) is 117 Å². The van der Waals surface area contributed by atoms with Crippen LogP contribution in [0.5, 0.6) is 23.0 Å². The van der Waals surface area contributed by atoms with Crippen molar-refractivity contribution in [2.75, 3.05) is 66.1 Å². The summed E-state index contributed by atoms with van der Waals surface area (Å²) in [6, 6.07) is 35.9. The highest BCUT2D eigenvalue weighted by atomic mass is 32.2. The Balaban J connectivity index is 0.000000187. The number of nitrogens with zero attached hydrogens (tertiary/aromatic N) is 12. The third kappa shape index (κ3) is 26.8. The first-order valence-corrected chi connectivity index (χ1v) is 37.8. The largest absolute Gasteiger partial charge is 0.497 e. The summed E-state index contributed by atoms with van der Waals surface area (Å²) in [6.07, 6.45) is 10.7. The Hall–Kier alpha value is -12.3. The van der Waals surface area contributed by atoms with Gasteiger partial charge in [0.15, 0.2) is 21.4 Å². The molecule has 26 heteroatoms. The molecule has 0 fully saturated rings. The van der Waals surface area contributed by atoms with E-state index in [1.807, 2.05) is 184 Å². The molecule has 0 unspecified atom stereocenters. The van der Waals surface area contributed by atoms with E-state index in [0.717, 1.165) is 131 Å². The highest BCUT2D eigenvalue weighted by Gasteiger charge is 2.26. The van der Waals surface area contributed by atoms with Crippen LogP contribution in [0.3, 0.4) is 0 Å². The van der Waals surface area contributed by atoms with Crippen LogP contribution in [-0.4, -0.2) is 102 Å². The van der Waals surface area contributed by atoms with E-state index in [9.17, 15) is 12.8 Å². The minimum Gasteiger partial charge on any atom is -0.497 e. The highest BCUT2D eigenvalue weighted by Crippen LogP contribution is 2.33. The zero-order chi connectivity index (χ0) is 82.1. The summed E-state index contributed by atoms with van der Waals surface area (Å²) < 4.78 is 59.4. The van der Waals surface area contributed by atoms with Gasteiger partial charge >= 0.3 is 0 Å². The fourth-order valence-electron chi connectivity index (χ4n) is 10.8. The van der Waals surface area contributed by atoms with Gasteiger partial charge in [-0.3, -0.25) is 0 Å². The van der Waals surface area contributed by atoms with Crippen molar-refractivity contribution in [3.63, 3.8) is 0 Å². The van der Waals surface area contributed by atoms with Crippen molar-refractivity contribution in [1.29, 1.82) is 0 Å². The molecule has 6 N–H and O–H groups in total. The minimum absolute atomic E-state index is 0.107. The first kappa shape index (κ1) is 86.9. The molecule has 12 aromatic rings. The van der Waals surface area contributed by atoms with Gasteiger partial charge in [-0.25, -0.2) is 72.6 Å². The van der Waals surface area contributed by atoms with Crippen LogP contribution in [-0.2, 0) is 9.84 Å². The zero-order valence-electron chi connectivity index (χ0n) is 68.7. The van der Waals surface area contributed by atoms with Gasteiger partial charge < -0.3 is 50.8 Å². The van der Waals surface area contributed by atoms with Gasteiger partial charge in [0, 0.05) is 129 Å². The molecule has 0 spiro atoms. The van der Waals surface area contributed by atoms with Crippen LogP contribution in [0.4, 0.5) is 73.4 Å². The van der Waals surface area contributed by atoms with Crippen molar-refractivity contribution in [2.24, 2.45) is 5.41 Å². The number of anilines is 12. The van der Waals surface area contributed by atoms with Gasteiger partial charge in [0.1, 0.15) is 87.1 Å². The summed E-state index contributed by atoms with van der Waals surface area (Å²) in [5, 5.41) is 19.5. The quantitative estimate of drug-likeness (QED) is 0.0465. The minimum atomic E-state index is -3.35. The van der Waals surface area contributed by atoms with Gasteiger partial charge in [-0.1, -0.05) is 51.1 Å². The second kappa shape index (κ2) is 40.4. The highest BCUT2D eigenvalue weighted by molar-refractivity contribution is 7.91. The summed E-state index contributed by atoms with van der Waals surface area (Å²) in [6.45, 7) is 38.9. The molecule has 12 rings (SSSR count). The summed E-state index contributed by atoms with van der Waals surface area (Å²) in [5.74, 6) is 11.3. The summed E-state index contributed by atoms with van der Waals surface area (Å²) in [5.41, 5.74) is 16.9. The number of hydrogen-bond acceptors (Lipinski definition) is 24. The topological polar surface area (TPSA) is 298 Å². The lowest BCUT2D eigenvalue weighted by molar-refractivity contribution is 0.387. The van der Waals surface area contributed by atoms with Crippen LogP contribution < -0.4 is 50.8 Å². The number of nitrogens with one attached hydrogen (secondary N) is 6. The maximum Gasteiger partial charge on any atom is 0.179 e. The number of benzene rings is 6. The summed E-state index contributed by atoms with van der Waals surface area (Å²) >= 11 is 0. The Kier molecular flexibility index (Phi) is 31.3. The summed E-state index contributed by atoms with van der Waals surface area (Å²) in [7, 11) is 2.99. The molecular formula is C86H105FN18O6S. The van der Waals surface area contributed by atoms with Gasteiger partial charge in [-0.05, 0) is 212 Å². The molecule has 6 aromatic heterocycles. The lowest BCUT2D eigenvalue weighted by atomic mass is 10.0. The van der Waals surface area contributed by atoms with Gasteiger partial charge in [-0.15, -0.1) is 0 Å². The number of rotatable bonds is 18. The molecule has 0 bridgehead atoms. The average molecular weight is 1540 g/mol. The fraction of sp³-hybridized carbons (Fsp3) is 0.302. The van der Waals surface area contributed by atoms with Crippen molar-refractivity contribution in [2.45, 2.75) is 143 Å². The molecule has 0 radical (unpaired) electrons. The Bertz CT molecular complexity index is 5270. The number of hydrogen-bond donors (Lipinski definition) is 6. The number of aryl methyl sites for hydroxylation is 15. The third-order valence-electron chi connectivity index (χ3n) is 16.8. The van der Waals surface area contributed by atoms with Crippen molar-refractivity contribution in [3.8, 4) is 23.0 Å². The van der Waals surface area contributed by atoms with E-state index in [-0.39, 0.29) is 16.9 Å². The maximum absolute atomic E-state index is 13.3. The van der Waals surface area contributed by atoms with Crippen molar-refractivity contribution in [1.82, 2.24) is 59.8 Å². The lowest BCUT2D eigenvalue weighted by Crippen LogP contribution is -2.21. The van der Waals surface area contributed by atoms with E-state index in [2.05, 4.69) is 150 Å². The molecule has 6 aromatic carbocycles. The smallest absolute Gasteiger partial charge is 0.179 e. The van der Waals surface area contributed by atoms with Gasteiger partial charge in [0.2, 0.25) is 0 Å². The predicted octanol–water partition coefficient (Wildman–Crippen LogP) is 19.6. The van der Waals surface area contributed by atoms with E-state index in [1.54, 1.807) is 64.3 Å². The molecule has 6 heterocycles. The van der Waals surface area contributed by atoms with E-state index in [1.165, 1.54) is 35.4 Å². The predicted molar refractivity (Wildman–Crippen MR) is 449 cm³/mol. The standard InChI is InChI=1S/C18H25N3O2S.C14H17N3O2.2C14H17N3.C13H14FN3O.C13H15N3O/c1-12-7-8-15(21-17-13(2)10-19-14(3)20-17)9-16(12)24(22,23)11-18(4,5)6;1-9-8-15-10(2)16-14(9)17-11-5-12(18-3)7-13(6-11)19-4;1-9-5-10(2)7-13(6-9)17-14-11(3)8-15-12(4)16-14;1-9-6-5-7-13(11(9)3)17-14-10(2)8-15-12(4)16-14;1-8-7-15-9(2)16-13(8)17-10-4-5-11(14)12(6-10)18-3;1-9-11(5-4-6-12(9)17-3)16-13-7-8-14-10(2)15-13/h7-10H,11H2,1-6H3,(H,19,20,21);5-8H,1-4H3,(H,15,16,17);2*5-8H,1-4H3,(H,15,16,17);4-7H,1-3H3,(H,15,16,17);4-8H,1-3H3,(H,14,15,16). The molecule has 0 saturated carbocycles. The molecule has 0 amide bonds. The Morgan fingerprint density at radius 3 is 1.20 bits per heavy atom. The molecule has 0 aliphatic heterocycles. The van der Waals surface area contributed by atoms with Crippen molar-refractivity contribution in [3.05, 3.63) is 254 Å². The van der Waals surface area contributed by atoms with E-state index < -0.39 is 15.7 Å².